The molecule has 4 atom stereocenters. The van der Waals surface area contributed by atoms with Crippen LogP contribution in [-0.2, 0) is 38.6 Å². The van der Waals surface area contributed by atoms with E-state index in [4.69, 9.17) is 4.74 Å². The van der Waals surface area contributed by atoms with Crippen molar-refractivity contribution >= 4 is 32.1 Å². The lowest BCUT2D eigenvalue weighted by molar-refractivity contribution is -0.133. The van der Waals surface area contributed by atoms with Gasteiger partial charge in [0.1, 0.15) is 18.1 Å². The van der Waals surface area contributed by atoms with Crippen LogP contribution < -0.4 is 16.0 Å². The quantitative estimate of drug-likeness (QED) is 0.125. The SMILES string of the molecule is BC(O)NCC(C)OC(C)Cc1cccc(CNc2cccc(C)c2CN(C=O)C(CCC=O)C(=O)NC)c1F. The summed E-state index contributed by atoms with van der Waals surface area (Å²) in [6, 6.07) is 10.1. The number of rotatable bonds is 18. The zero-order chi connectivity index (χ0) is 29.7. The number of ether oxygens (including phenoxy) is 1. The van der Waals surface area contributed by atoms with Crippen molar-refractivity contribution in [2.75, 3.05) is 18.9 Å². The Hall–Kier alpha value is -3.28. The van der Waals surface area contributed by atoms with E-state index in [1.54, 1.807) is 20.0 Å². The average molecular weight is 556 g/mol. The van der Waals surface area contributed by atoms with Gasteiger partial charge in [-0.15, -0.1) is 0 Å². The second kappa shape index (κ2) is 16.7. The fraction of sp³-hybridized carbons (Fsp3) is 0.483. The summed E-state index contributed by atoms with van der Waals surface area (Å²) in [6.07, 6.45) is 1.10. The van der Waals surface area contributed by atoms with Crippen molar-refractivity contribution in [1.82, 2.24) is 15.5 Å². The topological polar surface area (TPSA) is 120 Å². The lowest BCUT2D eigenvalue weighted by Crippen LogP contribution is -2.45. The molecule has 0 aliphatic rings. The minimum atomic E-state index is -0.788. The molecule has 4 N–H and O–H groups in total. The molecule has 2 rings (SSSR count). The number of aldehydes is 1. The maximum absolute atomic E-state index is 15.5. The van der Waals surface area contributed by atoms with Gasteiger partial charge >= 0.3 is 0 Å². The van der Waals surface area contributed by atoms with Crippen LogP contribution in [0.25, 0.3) is 0 Å². The van der Waals surface area contributed by atoms with Crippen LogP contribution in [0.3, 0.4) is 0 Å². The second-order valence-electron chi connectivity index (χ2n) is 10.0. The van der Waals surface area contributed by atoms with Crippen LogP contribution in [0.15, 0.2) is 36.4 Å². The number of aryl methyl sites for hydroxylation is 1. The maximum Gasteiger partial charge on any atom is 0.242 e. The molecule has 2 aromatic carbocycles. The highest BCUT2D eigenvalue weighted by Crippen LogP contribution is 2.25. The number of aliphatic hydroxyl groups excluding tert-OH is 1. The zero-order valence-electron chi connectivity index (χ0n) is 24.1. The molecule has 0 bridgehead atoms. The van der Waals surface area contributed by atoms with Gasteiger partial charge in [-0.3, -0.25) is 14.9 Å². The number of benzene rings is 2. The molecule has 0 heterocycles. The van der Waals surface area contributed by atoms with Gasteiger partial charge in [-0.2, -0.15) is 0 Å². The number of anilines is 1. The Labute approximate surface area is 237 Å². The maximum atomic E-state index is 15.5. The summed E-state index contributed by atoms with van der Waals surface area (Å²) in [4.78, 5) is 36.8. The first-order chi connectivity index (χ1) is 19.1. The van der Waals surface area contributed by atoms with E-state index in [2.05, 4.69) is 16.0 Å². The molecule has 9 nitrogen and oxygen atoms in total. The molecule has 0 saturated heterocycles. The number of hydrogen-bond donors (Lipinski definition) is 4. The summed E-state index contributed by atoms with van der Waals surface area (Å²) in [5.74, 6) is -0.653. The van der Waals surface area contributed by atoms with Crippen LogP contribution in [0.2, 0.25) is 0 Å². The Bertz CT molecular complexity index is 1120. The van der Waals surface area contributed by atoms with E-state index >= 15 is 4.39 Å². The van der Waals surface area contributed by atoms with E-state index < -0.39 is 12.2 Å². The van der Waals surface area contributed by atoms with Gasteiger partial charge in [0.05, 0.1) is 18.3 Å². The summed E-state index contributed by atoms with van der Waals surface area (Å²) in [7, 11) is 3.13. The highest BCUT2D eigenvalue weighted by molar-refractivity contribution is 6.10. The van der Waals surface area contributed by atoms with Crippen LogP contribution in [0.4, 0.5) is 10.1 Å². The molecule has 11 heteroatoms. The van der Waals surface area contributed by atoms with Crippen molar-refractivity contribution in [3.63, 3.8) is 0 Å². The molecule has 0 spiro atoms. The molecule has 0 saturated carbocycles. The second-order valence-corrected chi connectivity index (χ2v) is 10.0. The third-order valence-corrected chi connectivity index (χ3v) is 6.69. The molecule has 0 aliphatic carbocycles. The van der Waals surface area contributed by atoms with Crippen molar-refractivity contribution in [2.24, 2.45) is 0 Å². The number of hydrogen-bond acceptors (Lipinski definition) is 7. The van der Waals surface area contributed by atoms with Gasteiger partial charge in [0.2, 0.25) is 12.3 Å². The summed E-state index contributed by atoms with van der Waals surface area (Å²) in [5, 5.41) is 18.1. The van der Waals surface area contributed by atoms with E-state index in [-0.39, 0.29) is 49.9 Å². The number of amides is 2. The Balaban J connectivity index is 2.16. The van der Waals surface area contributed by atoms with Crippen molar-refractivity contribution in [2.45, 2.75) is 77.5 Å². The van der Waals surface area contributed by atoms with Gasteiger partial charge in [0.15, 0.2) is 7.85 Å². The molecular weight excluding hydrogens is 514 g/mol. The molecular formula is C29H42BFN4O5. The Morgan fingerprint density at radius 3 is 2.50 bits per heavy atom. The molecule has 40 heavy (non-hydrogen) atoms. The Morgan fingerprint density at radius 1 is 1.15 bits per heavy atom. The lowest BCUT2D eigenvalue weighted by atomic mass is 10.0. The van der Waals surface area contributed by atoms with Crippen molar-refractivity contribution in [1.29, 1.82) is 0 Å². The first-order valence-electron chi connectivity index (χ1n) is 13.6. The standard InChI is InChI=1S/C29H42BFN4O5/c1-19-8-5-11-25(24(19)17-35(18-37)26(12-7-13-36)28(38)32-4)33-16-23-10-6-9-22(27(23)31)14-20(2)40-21(3)15-34-29(30)39/h5-6,8-11,13,18,20-21,26,29,33-34,39H,7,12,14-17,30H2,1-4H3,(H,32,38). The minimum absolute atomic E-state index is 0.148. The monoisotopic (exact) mass is 556 g/mol. The van der Waals surface area contributed by atoms with E-state index in [0.717, 1.165) is 23.1 Å². The molecule has 2 amide bonds. The van der Waals surface area contributed by atoms with Crippen LogP contribution in [0, 0.1) is 12.7 Å². The third-order valence-electron chi connectivity index (χ3n) is 6.69. The first-order valence-corrected chi connectivity index (χ1v) is 13.6. The number of carbonyl (C=O) groups is 3. The van der Waals surface area contributed by atoms with Crippen LogP contribution in [-0.4, -0.2) is 74.4 Å². The number of nitrogens with one attached hydrogen (secondary N) is 3. The number of aliphatic hydroxyl groups is 1. The molecule has 4 unspecified atom stereocenters. The van der Waals surface area contributed by atoms with E-state index in [1.807, 2.05) is 45.0 Å². The molecule has 2 aromatic rings. The largest absolute Gasteiger partial charge is 0.388 e. The van der Waals surface area contributed by atoms with Crippen molar-refractivity contribution in [3.05, 3.63) is 64.5 Å². The number of carbonyl (C=O) groups excluding carboxylic acids is 3. The first kappa shape index (κ1) is 32.9. The number of halogens is 1. The van der Waals surface area contributed by atoms with E-state index in [0.29, 0.717) is 30.5 Å². The van der Waals surface area contributed by atoms with Crippen LogP contribution >= 0.6 is 0 Å². The fourth-order valence-corrected chi connectivity index (χ4v) is 4.58. The minimum Gasteiger partial charge on any atom is -0.388 e. The Kier molecular flexibility index (Phi) is 13.8. The van der Waals surface area contributed by atoms with E-state index in [9.17, 15) is 19.5 Å². The number of likely N-dealkylation sites (N-methyl/N-ethyl adjacent to an activating group) is 1. The summed E-state index contributed by atoms with van der Waals surface area (Å²) < 4.78 is 21.4. The predicted octanol–water partition coefficient (Wildman–Crippen LogP) is 1.63. The Morgan fingerprint density at radius 2 is 1.85 bits per heavy atom. The number of nitrogens with zero attached hydrogens (tertiary/aromatic N) is 1. The molecule has 0 aromatic heterocycles. The fourth-order valence-electron chi connectivity index (χ4n) is 4.58. The average Bonchev–Trinajstić information content (AvgIpc) is 2.92. The zero-order valence-corrected chi connectivity index (χ0v) is 24.1. The van der Waals surface area contributed by atoms with Gasteiger partial charge in [0.25, 0.3) is 0 Å². The molecule has 0 radical (unpaired) electrons. The van der Waals surface area contributed by atoms with Crippen molar-refractivity contribution < 1.29 is 28.6 Å². The van der Waals surface area contributed by atoms with E-state index in [1.165, 1.54) is 11.9 Å². The molecule has 0 fully saturated rings. The van der Waals surface area contributed by atoms with Gasteiger partial charge in [-0.25, -0.2) is 4.39 Å². The van der Waals surface area contributed by atoms with Crippen molar-refractivity contribution in [3.8, 4) is 0 Å². The van der Waals surface area contributed by atoms with Gasteiger partial charge < -0.3 is 30.2 Å². The predicted molar refractivity (Wildman–Crippen MR) is 156 cm³/mol. The van der Waals surface area contributed by atoms with Gasteiger partial charge in [0, 0.05) is 50.8 Å². The molecule has 0 aliphatic heterocycles. The van der Waals surface area contributed by atoms with Crippen LogP contribution in [0.5, 0.6) is 0 Å². The van der Waals surface area contributed by atoms with Crippen LogP contribution in [0.1, 0.15) is 48.9 Å². The third kappa shape index (κ3) is 10.0. The highest BCUT2D eigenvalue weighted by Gasteiger charge is 2.25. The highest BCUT2D eigenvalue weighted by atomic mass is 19.1. The smallest absolute Gasteiger partial charge is 0.242 e. The normalized spacial score (nSPS) is 14.1. The van der Waals surface area contributed by atoms with Gasteiger partial charge in [-0.1, -0.05) is 30.3 Å². The van der Waals surface area contributed by atoms with Gasteiger partial charge in [-0.05, 0) is 49.9 Å². The lowest BCUT2D eigenvalue weighted by Gasteiger charge is -2.28. The summed E-state index contributed by atoms with van der Waals surface area (Å²) in [5.41, 5.74) is 3.46. The summed E-state index contributed by atoms with van der Waals surface area (Å²) >= 11 is 0. The summed E-state index contributed by atoms with van der Waals surface area (Å²) in [6.45, 7) is 6.54. The molecule has 218 valence electrons.